The van der Waals surface area contributed by atoms with Crippen molar-refractivity contribution in [1.29, 1.82) is 0 Å². The molecule has 0 aliphatic carbocycles. The Bertz CT molecular complexity index is 299. The molecule has 62 valence electrons. The summed E-state index contributed by atoms with van der Waals surface area (Å²) in [5.74, 6) is -0.273. The van der Waals surface area contributed by atoms with Gasteiger partial charge >= 0.3 is 5.82 Å². The van der Waals surface area contributed by atoms with E-state index in [9.17, 15) is 9.90 Å². The number of hydrogen-bond donors (Lipinski definition) is 1. The third kappa shape index (κ3) is 1.51. The number of hydrogen-bond acceptors (Lipinski definition) is 4. The Balaban J connectivity index is 3.24. The van der Waals surface area contributed by atoms with E-state index in [0.29, 0.717) is 5.76 Å². The molecule has 11 heavy (non-hydrogen) atoms. The van der Waals surface area contributed by atoms with Gasteiger partial charge in [0.25, 0.3) is 0 Å². The largest absolute Gasteiger partial charge is 0.519 e. The molecule has 0 fully saturated rings. The first-order valence-corrected chi connectivity index (χ1v) is 3.24. The van der Waals surface area contributed by atoms with Crippen LogP contribution < -0.4 is 5.82 Å². The monoisotopic (exact) mass is 158 g/mol. The van der Waals surface area contributed by atoms with Crippen LogP contribution in [0.1, 0.15) is 25.4 Å². The fourth-order valence-electron chi connectivity index (χ4n) is 0.903. The van der Waals surface area contributed by atoms with Gasteiger partial charge in [-0.2, -0.15) is 0 Å². The summed E-state index contributed by atoms with van der Waals surface area (Å²) in [7, 11) is 0. The van der Waals surface area contributed by atoms with Crippen LogP contribution in [0.4, 0.5) is 0 Å². The number of rotatable bonds is 1. The average molecular weight is 158 g/mol. The van der Waals surface area contributed by atoms with Crippen molar-refractivity contribution in [1.82, 2.24) is 0 Å². The van der Waals surface area contributed by atoms with Crippen LogP contribution in [0.15, 0.2) is 13.6 Å². The normalized spacial score (nSPS) is 12.0. The first-order valence-electron chi connectivity index (χ1n) is 3.24. The van der Waals surface area contributed by atoms with E-state index in [0.717, 1.165) is 0 Å². The van der Waals surface area contributed by atoms with Crippen molar-refractivity contribution < 1.29 is 13.9 Å². The fourth-order valence-corrected chi connectivity index (χ4v) is 0.903. The van der Waals surface area contributed by atoms with E-state index in [1.54, 1.807) is 6.92 Å². The molecule has 0 amide bonds. The molecule has 0 unspecified atom stereocenters. The molecule has 4 nitrogen and oxygen atoms in total. The molecule has 1 aromatic rings. The van der Waals surface area contributed by atoms with Crippen LogP contribution in [0.3, 0.4) is 0 Å². The zero-order valence-electron chi connectivity index (χ0n) is 6.67. The smallest absolute Gasteiger partial charge is 0.396 e. The van der Waals surface area contributed by atoms with Gasteiger partial charge in [0.2, 0.25) is 0 Å². The summed E-state index contributed by atoms with van der Waals surface area (Å²) < 4.78 is 9.17. The second-order valence-electron chi connectivity index (χ2n) is 2.90. The van der Waals surface area contributed by atoms with Gasteiger partial charge in [-0.25, -0.2) is 4.79 Å². The standard InChI is InChI=1S/C7H10O4/c1-4-5(7(2,3)9)11-6(8)10-4/h9H,1-3H3. The van der Waals surface area contributed by atoms with Crippen molar-refractivity contribution in [2.24, 2.45) is 0 Å². The maximum Gasteiger partial charge on any atom is 0.519 e. The Morgan fingerprint density at radius 3 is 2.09 bits per heavy atom. The van der Waals surface area contributed by atoms with Gasteiger partial charge in [-0.1, -0.05) is 0 Å². The van der Waals surface area contributed by atoms with Gasteiger partial charge in [0.1, 0.15) is 11.4 Å². The summed E-state index contributed by atoms with van der Waals surface area (Å²) in [6.07, 6.45) is 0. The molecule has 0 aromatic carbocycles. The van der Waals surface area contributed by atoms with Gasteiger partial charge in [0.15, 0.2) is 5.76 Å². The zero-order chi connectivity index (χ0) is 8.65. The Morgan fingerprint density at radius 2 is 1.91 bits per heavy atom. The molecule has 0 radical (unpaired) electrons. The van der Waals surface area contributed by atoms with Crippen LogP contribution in [-0.4, -0.2) is 5.11 Å². The first kappa shape index (κ1) is 8.07. The molecule has 0 aliphatic rings. The Hall–Kier alpha value is -1.03. The predicted molar refractivity (Wildman–Crippen MR) is 37.2 cm³/mol. The summed E-state index contributed by atoms with van der Waals surface area (Å²) in [6, 6.07) is 0. The highest BCUT2D eigenvalue weighted by molar-refractivity contribution is 5.08. The summed E-state index contributed by atoms with van der Waals surface area (Å²) in [6.45, 7) is 4.61. The molecule has 4 heteroatoms. The van der Waals surface area contributed by atoms with Gasteiger partial charge in [0, 0.05) is 0 Å². The van der Waals surface area contributed by atoms with Crippen molar-refractivity contribution in [3.8, 4) is 0 Å². The molecule has 0 bridgehead atoms. The van der Waals surface area contributed by atoms with Crippen LogP contribution in [0, 0.1) is 6.92 Å². The number of aryl methyl sites for hydroxylation is 1. The molecule has 1 heterocycles. The highest BCUT2D eigenvalue weighted by atomic mass is 16.6. The lowest BCUT2D eigenvalue weighted by atomic mass is 10.1. The molecular formula is C7H10O4. The highest BCUT2D eigenvalue weighted by Crippen LogP contribution is 2.21. The van der Waals surface area contributed by atoms with E-state index in [-0.39, 0.29) is 5.76 Å². The van der Waals surface area contributed by atoms with Gasteiger partial charge in [-0.15, -0.1) is 0 Å². The highest BCUT2D eigenvalue weighted by Gasteiger charge is 2.25. The van der Waals surface area contributed by atoms with Gasteiger partial charge < -0.3 is 13.9 Å². The Kier molecular flexibility index (Phi) is 1.64. The van der Waals surface area contributed by atoms with E-state index in [2.05, 4.69) is 8.83 Å². The topological polar surface area (TPSA) is 63.6 Å². The minimum Gasteiger partial charge on any atom is -0.396 e. The molecular weight excluding hydrogens is 148 g/mol. The van der Waals surface area contributed by atoms with Crippen molar-refractivity contribution in [2.75, 3.05) is 0 Å². The second kappa shape index (κ2) is 2.23. The molecule has 0 atom stereocenters. The average Bonchev–Trinajstić information content (AvgIpc) is 2.08. The maximum absolute atomic E-state index is 10.5. The third-order valence-electron chi connectivity index (χ3n) is 1.30. The van der Waals surface area contributed by atoms with Gasteiger partial charge in [0.05, 0.1) is 0 Å². The van der Waals surface area contributed by atoms with Crippen LogP contribution in [-0.2, 0) is 5.60 Å². The van der Waals surface area contributed by atoms with Crippen LogP contribution in [0.25, 0.3) is 0 Å². The fraction of sp³-hybridized carbons (Fsp3) is 0.571. The summed E-state index contributed by atoms with van der Waals surface area (Å²) in [4.78, 5) is 10.5. The van der Waals surface area contributed by atoms with Gasteiger partial charge in [-0.3, -0.25) is 0 Å². The molecule has 0 saturated heterocycles. The van der Waals surface area contributed by atoms with E-state index in [1.165, 1.54) is 13.8 Å². The van der Waals surface area contributed by atoms with Crippen molar-refractivity contribution in [3.63, 3.8) is 0 Å². The van der Waals surface area contributed by atoms with E-state index in [4.69, 9.17) is 0 Å². The maximum atomic E-state index is 10.5. The zero-order valence-corrected chi connectivity index (χ0v) is 6.67. The third-order valence-corrected chi connectivity index (χ3v) is 1.30. The minimum absolute atomic E-state index is 0.183. The predicted octanol–water partition coefficient (Wildman–Crippen LogP) is 0.769. The lowest BCUT2D eigenvalue weighted by molar-refractivity contribution is 0.0519. The van der Waals surface area contributed by atoms with Gasteiger partial charge in [-0.05, 0) is 20.8 Å². The molecule has 0 spiro atoms. The Labute approximate surface area is 63.4 Å². The van der Waals surface area contributed by atoms with Crippen molar-refractivity contribution in [2.45, 2.75) is 26.4 Å². The quantitative estimate of drug-likeness (QED) is 0.655. The van der Waals surface area contributed by atoms with Crippen LogP contribution in [0.2, 0.25) is 0 Å². The molecule has 0 aliphatic heterocycles. The number of aliphatic hydroxyl groups is 1. The van der Waals surface area contributed by atoms with Crippen molar-refractivity contribution in [3.05, 3.63) is 22.1 Å². The van der Waals surface area contributed by atoms with Crippen molar-refractivity contribution >= 4 is 0 Å². The Morgan fingerprint density at radius 1 is 1.36 bits per heavy atom. The summed E-state index contributed by atoms with van der Waals surface area (Å²) >= 11 is 0. The summed E-state index contributed by atoms with van der Waals surface area (Å²) in [5, 5.41) is 9.39. The van der Waals surface area contributed by atoms with E-state index in [1.807, 2.05) is 0 Å². The molecule has 1 N–H and O–H groups in total. The minimum atomic E-state index is -1.16. The lowest BCUT2D eigenvalue weighted by Gasteiger charge is -2.12. The SMILES string of the molecule is Cc1oc(=O)oc1C(C)(C)O. The molecule has 1 aromatic heterocycles. The van der Waals surface area contributed by atoms with E-state index < -0.39 is 11.4 Å². The van der Waals surface area contributed by atoms with Crippen LogP contribution >= 0.6 is 0 Å². The lowest BCUT2D eigenvalue weighted by Crippen LogP contribution is -2.15. The molecule has 0 saturated carbocycles. The second-order valence-corrected chi connectivity index (χ2v) is 2.90. The van der Waals surface area contributed by atoms with Crippen LogP contribution in [0.5, 0.6) is 0 Å². The summed E-state index contributed by atoms with van der Waals surface area (Å²) in [5.41, 5.74) is -1.16. The van der Waals surface area contributed by atoms with E-state index >= 15 is 0 Å². The molecule has 1 rings (SSSR count). The first-order chi connectivity index (χ1) is 4.91.